The molecular weight excluding hydrogens is 250 g/mol. The van der Waals surface area contributed by atoms with E-state index >= 15 is 0 Å². The van der Waals surface area contributed by atoms with E-state index < -0.39 is 0 Å². The Labute approximate surface area is 120 Å². The summed E-state index contributed by atoms with van der Waals surface area (Å²) in [5.74, 6) is 0.607. The van der Waals surface area contributed by atoms with E-state index in [9.17, 15) is 0 Å². The van der Waals surface area contributed by atoms with Gasteiger partial charge in [-0.25, -0.2) is 0 Å². The van der Waals surface area contributed by atoms with Gasteiger partial charge in [0, 0.05) is 15.8 Å². The monoisotopic (exact) mass is 273 g/mol. The Hall–Kier alpha value is -1.12. The van der Waals surface area contributed by atoms with Crippen molar-refractivity contribution in [1.29, 1.82) is 0 Å². The Morgan fingerprint density at radius 2 is 1.79 bits per heavy atom. The quantitative estimate of drug-likeness (QED) is 0.831. The minimum Gasteiger partial charge on any atom is -0.312 e. The summed E-state index contributed by atoms with van der Waals surface area (Å²) in [4.78, 5) is 2.80. The van der Waals surface area contributed by atoms with E-state index in [-0.39, 0.29) is 0 Å². The predicted molar refractivity (Wildman–Crippen MR) is 85.9 cm³/mol. The SMILES string of the molecule is CNC(c1ccc(-c2cc(C)ccc2C)s1)C(C)C. The van der Waals surface area contributed by atoms with Crippen LogP contribution >= 0.6 is 11.3 Å². The number of nitrogens with one attached hydrogen (secondary N) is 1. The maximum Gasteiger partial charge on any atom is 0.0435 e. The lowest BCUT2D eigenvalue weighted by Crippen LogP contribution is -2.20. The zero-order chi connectivity index (χ0) is 14.0. The minimum absolute atomic E-state index is 0.448. The summed E-state index contributed by atoms with van der Waals surface area (Å²) in [7, 11) is 2.04. The standard InChI is InChI=1S/C17H23NS/c1-11(2)17(18-5)16-9-8-15(19-16)14-10-12(3)6-7-13(14)4/h6-11,17-18H,1-5H3. The average Bonchev–Trinajstić information content (AvgIpc) is 2.82. The van der Waals surface area contributed by atoms with Crippen LogP contribution in [0.25, 0.3) is 10.4 Å². The van der Waals surface area contributed by atoms with Crippen LogP contribution in [0.1, 0.15) is 35.9 Å². The third-order valence-corrected chi connectivity index (χ3v) is 4.77. The summed E-state index contributed by atoms with van der Waals surface area (Å²) >= 11 is 1.91. The highest BCUT2D eigenvalue weighted by Gasteiger charge is 2.16. The Kier molecular flexibility index (Phi) is 4.43. The van der Waals surface area contributed by atoms with Gasteiger partial charge in [0.25, 0.3) is 0 Å². The second-order valence-electron chi connectivity index (χ2n) is 5.53. The minimum atomic E-state index is 0.448. The highest BCUT2D eigenvalue weighted by molar-refractivity contribution is 7.15. The van der Waals surface area contributed by atoms with Crippen molar-refractivity contribution in [3.63, 3.8) is 0 Å². The summed E-state index contributed by atoms with van der Waals surface area (Å²) in [6.07, 6.45) is 0. The fourth-order valence-electron chi connectivity index (χ4n) is 2.47. The molecular formula is C17H23NS. The molecule has 0 aliphatic carbocycles. The van der Waals surface area contributed by atoms with Crippen LogP contribution in [-0.2, 0) is 0 Å². The van der Waals surface area contributed by atoms with Gasteiger partial charge in [-0.15, -0.1) is 11.3 Å². The molecule has 2 aromatic rings. The smallest absolute Gasteiger partial charge is 0.0435 e. The van der Waals surface area contributed by atoms with Crippen LogP contribution in [0.5, 0.6) is 0 Å². The summed E-state index contributed by atoms with van der Waals surface area (Å²) in [5, 5.41) is 3.42. The third kappa shape index (κ3) is 3.07. The Morgan fingerprint density at radius 1 is 1.05 bits per heavy atom. The van der Waals surface area contributed by atoms with Crippen LogP contribution in [0.4, 0.5) is 0 Å². The van der Waals surface area contributed by atoms with Gasteiger partial charge in [0.2, 0.25) is 0 Å². The molecule has 0 radical (unpaired) electrons. The van der Waals surface area contributed by atoms with Gasteiger partial charge in [-0.05, 0) is 50.1 Å². The molecule has 0 aliphatic heterocycles. The molecule has 0 amide bonds. The first-order chi connectivity index (χ1) is 9.02. The predicted octanol–water partition coefficient (Wildman–Crippen LogP) is 4.95. The van der Waals surface area contributed by atoms with Crippen molar-refractivity contribution in [3.8, 4) is 10.4 Å². The lowest BCUT2D eigenvalue weighted by molar-refractivity contribution is 0.449. The van der Waals surface area contributed by atoms with E-state index in [0.29, 0.717) is 12.0 Å². The Balaban J connectivity index is 2.38. The van der Waals surface area contributed by atoms with Gasteiger partial charge in [0.05, 0.1) is 0 Å². The molecule has 1 N–H and O–H groups in total. The van der Waals surface area contributed by atoms with Crippen molar-refractivity contribution in [2.24, 2.45) is 5.92 Å². The van der Waals surface area contributed by atoms with Gasteiger partial charge in [0.1, 0.15) is 0 Å². The van der Waals surface area contributed by atoms with Crippen molar-refractivity contribution in [3.05, 3.63) is 46.3 Å². The van der Waals surface area contributed by atoms with Crippen molar-refractivity contribution in [2.45, 2.75) is 33.7 Å². The maximum atomic E-state index is 3.42. The Bertz CT molecular complexity index is 554. The lowest BCUT2D eigenvalue weighted by atomic mass is 10.0. The van der Waals surface area contributed by atoms with Crippen LogP contribution in [0.2, 0.25) is 0 Å². The number of thiophene rings is 1. The molecule has 2 rings (SSSR count). The second kappa shape index (κ2) is 5.89. The summed E-state index contributed by atoms with van der Waals surface area (Å²) < 4.78 is 0. The molecule has 2 heteroatoms. The first-order valence-corrected chi connectivity index (χ1v) is 7.69. The van der Waals surface area contributed by atoms with E-state index in [4.69, 9.17) is 0 Å². The van der Waals surface area contributed by atoms with Gasteiger partial charge in [0.15, 0.2) is 0 Å². The van der Waals surface area contributed by atoms with Crippen molar-refractivity contribution in [2.75, 3.05) is 7.05 Å². The summed E-state index contributed by atoms with van der Waals surface area (Å²) in [6.45, 7) is 8.87. The van der Waals surface area contributed by atoms with Gasteiger partial charge in [-0.3, -0.25) is 0 Å². The number of benzene rings is 1. The lowest BCUT2D eigenvalue weighted by Gasteiger charge is -2.18. The number of rotatable bonds is 4. The molecule has 1 aromatic carbocycles. The van der Waals surface area contributed by atoms with Crippen molar-refractivity contribution < 1.29 is 0 Å². The number of hydrogen-bond acceptors (Lipinski definition) is 2. The molecule has 0 saturated carbocycles. The largest absolute Gasteiger partial charge is 0.312 e. The fourth-order valence-corrected chi connectivity index (χ4v) is 3.84. The van der Waals surface area contributed by atoms with Crippen LogP contribution in [0.3, 0.4) is 0 Å². The first-order valence-electron chi connectivity index (χ1n) is 6.87. The molecule has 0 bridgehead atoms. The van der Waals surface area contributed by atoms with E-state index in [1.807, 2.05) is 18.4 Å². The van der Waals surface area contributed by atoms with Crippen molar-refractivity contribution >= 4 is 11.3 Å². The molecule has 0 fully saturated rings. The maximum absolute atomic E-state index is 3.42. The fraction of sp³-hybridized carbons (Fsp3) is 0.412. The van der Waals surface area contributed by atoms with E-state index in [0.717, 1.165) is 0 Å². The highest BCUT2D eigenvalue weighted by atomic mass is 32.1. The molecule has 1 atom stereocenters. The van der Waals surface area contributed by atoms with Crippen LogP contribution in [0, 0.1) is 19.8 Å². The molecule has 0 spiro atoms. The average molecular weight is 273 g/mol. The molecule has 1 unspecified atom stereocenters. The molecule has 1 nitrogen and oxygen atoms in total. The number of hydrogen-bond donors (Lipinski definition) is 1. The van der Waals surface area contributed by atoms with Gasteiger partial charge in [-0.1, -0.05) is 37.6 Å². The van der Waals surface area contributed by atoms with Gasteiger partial charge >= 0.3 is 0 Å². The molecule has 0 saturated heterocycles. The first kappa shape index (κ1) is 14.3. The summed E-state index contributed by atoms with van der Waals surface area (Å²) in [5.41, 5.74) is 4.05. The van der Waals surface area contributed by atoms with Crippen LogP contribution in [-0.4, -0.2) is 7.05 Å². The molecule has 1 aromatic heterocycles. The number of aryl methyl sites for hydroxylation is 2. The molecule has 0 aliphatic rings. The highest BCUT2D eigenvalue weighted by Crippen LogP contribution is 2.35. The molecule has 19 heavy (non-hydrogen) atoms. The van der Waals surface area contributed by atoms with Crippen LogP contribution in [0.15, 0.2) is 30.3 Å². The topological polar surface area (TPSA) is 12.0 Å². The van der Waals surface area contributed by atoms with E-state index in [1.165, 1.54) is 26.4 Å². The van der Waals surface area contributed by atoms with E-state index in [2.05, 4.69) is 63.3 Å². The summed E-state index contributed by atoms with van der Waals surface area (Å²) in [6, 6.07) is 11.6. The zero-order valence-corrected chi connectivity index (χ0v) is 13.3. The molecule has 102 valence electrons. The van der Waals surface area contributed by atoms with Gasteiger partial charge < -0.3 is 5.32 Å². The zero-order valence-electron chi connectivity index (χ0n) is 12.4. The van der Waals surface area contributed by atoms with Crippen LogP contribution < -0.4 is 5.32 Å². The van der Waals surface area contributed by atoms with Gasteiger partial charge in [-0.2, -0.15) is 0 Å². The third-order valence-electron chi connectivity index (χ3n) is 3.57. The normalized spacial score (nSPS) is 12.9. The van der Waals surface area contributed by atoms with E-state index in [1.54, 1.807) is 0 Å². The molecule has 1 heterocycles. The Morgan fingerprint density at radius 3 is 2.42 bits per heavy atom. The van der Waals surface area contributed by atoms with Crippen molar-refractivity contribution in [1.82, 2.24) is 5.32 Å². The second-order valence-corrected chi connectivity index (χ2v) is 6.65.